The molecule has 11 heteroatoms. The van der Waals surface area contributed by atoms with Crippen LogP contribution in [-0.4, -0.2) is 123 Å². The molecule has 6 saturated heterocycles. The van der Waals surface area contributed by atoms with Crippen molar-refractivity contribution in [3.8, 4) is 0 Å². The quantitative estimate of drug-likeness (QED) is 0.415. The molecule has 0 spiro atoms. The molecule has 0 unspecified atom stereocenters. The molecule has 0 atom stereocenters. The van der Waals surface area contributed by atoms with Gasteiger partial charge in [0.15, 0.2) is 10.8 Å². The molecule has 27 heavy (non-hydrogen) atoms. The van der Waals surface area contributed by atoms with Crippen LogP contribution in [0.3, 0.4) is 0 Å². The lowest BCUT2D eigenvalue weighted by Gasteiger charge is -2.39. The molecule has 0 aromatic heterocycles. The van der Waals surface area contributed by atoms with Gasteiger partial charge in [-0.25, -0.2) is 0 Å². The van der Waals surface area contributed by atoms with Gasteiger partial charge in [0.1, 0.15) is 5.75 Å². The van der Waals surface area contributed by atoms with Gasteiger partial charge in [0.05, 0.1) is 39.6 Å². The second-order valence-corrected chi connectivity index (χ2v) is 15.9. The van der Waals surface area contributed by atoms with E-state index in [0.29, 0.717) is 39.6 Å². The third kappa shape index (κ3) is 5.34. The third-order valence-corrected chi connectivity index (χ3v) is 16.3. The van der Waals surface area contributed by atoms with Gasteiger partial charge in [-0.3, -0.25) is 9.80 Å². The van der Waals surface area contributed by atoms with Gasteiger partial charge in [-0.15, -0.1) is 0 Å². The Balaban J connectivity index is 1.44. The molecule has 0 aliphatic carbocycles. The Kier molecular flexibility index (Phi) is 7.30. The molecule has 6 heterocycles. The van der Waals surface area contributed by atoms with Crippen molar-refractivity contribution in [2.75, 3.05) is 95.4 Å². The fourth-order valence-electron chi connectivity index (χ4n) is 3.91. The molecule has 0 radical (unpaired) electrons. The number of nitrogens with zero attached hydrogens (tertiary/aromatic N) is 2. The van der Waals surface area contributed by atoms with Crippen LogP contribution < -0.4 is 0 Å². The molecule has 156 valence electrons. The molecular formula is C16H33N2O6SSi2+. The molecule has 0 aromatic carbocycles. The third-order valence-electron chi connectivity index (χ3n) is 5.55. The molecule has 0 amide bonds. The highest BCUT2D eigenvalue weighted by molar-refractivity contribution is 7.99. The summed E-state index contributed by atoms with van der Waals surface area (Å²) >= 11 is 0. The van der Waals surface area contributed by atoms with Crippen LogP contribution in [0.15, 0.2) is 0 Å². The Hall–Kier alpha value is 0.464. The fraction of sp³-hybridized carbons (Fsp3) is 1.00. The summed E-state index contributed by atoms with van der Waals surface area (Å²) < 4.78 is 37.5. The first kappa shape index (κ1) is 20.7. The first-order valence-electron chi connectivity index (χ1n) is 10.1. The SMILES string of the molecule is CC[S+](C[Si]12OCCN(CCO1)CCO2)C[Si]12OCCN(CCO1)CCO2. The van der Waals surface area contributed by atoms with E-state index in [1.165, 1.54) is 0 Å². The van der Waals surface area contributed by atoms with Gasteiger partial charge in [-0.1, -0.05) is 0 Å². The van der Waals surface area contributed by atoms with Crippen LogP contribution in [0, 0.1) is 0 Å². The van der Waals surface area contributed by atoms with Gasteiger partial charge in [0.2, 0.25) is 0 Å². The monoisotopic (exact) mass is 437 g/mol. The van der Waals surface area contributed by atoms with Crippen LogP contribution in [-0.2, 0) is 37.5 Å². The summed E-state index contributed by atoms with van der Waals surface area (Å²) in [5.41, 5.74) is 0. The zero-order valence-electron chi connectivity index (χ0n) is 16.4. The second-order valence-electron chi connectivity index (χ2n) is 7.33. The van der Waals surface area contributed by atoms with Crippen molar-refractivity contribution in [1.29, 1.82) is 0 Å². The van der Waals surface area contributed by atoms with Gasteiger partial charge in [-0.05, 0) is 17.8 Å². The molecule has 0 N–H and O–H groups in total. The van der Waals surface area contributed by atoms with Crippen LogP contribution in [0.1, 0.15) is 6.92 Å². The van der Waals surface area contributed by atoms with E-state index in [1.54, 1.807) is 0 Å². The van der Waals surface area contributed by atoms with Crippen LogP contribution in [0.2, 0.25) is 0 Å². The molecular weight excluding hydrogens is 404 g/mol. The molecule has 0 aromatic rings. The van der Waals surface area contributed by atoms with E-state index in [9.17, 15) is 0 Å². The van der Waals surface area contributed by atoms with Gasteiger partial charge in [0, 0.05) is 39.3 Å². The van der Waals surface area contributed by atoms with Crippen LogP contribution in [0.4, 0.5) is 0 Å². The lowest BCUT2D eigenvalue weighted by molar-refractivity contribution is -0.00521. The number of hydrogen-bond donors (Lipinski definition) is 0. The highest BCUT2D eigenvalue weighted by Crippen LogP contribution is 2.24. The van der Waals surface area contributed by atoms with Crippen LogP contribution in [0.5, 0.6) is 0 Å². The number of fused-ring (bicyclic) bond motifs is 12. The van der Waals surface area contributed by atoms with E-state index >= 15 is 0 Å². The van der Waals surface area contributed by atoms with Gasteiger partial charge < -0.3 is 26.6 Å². The van der Waals surface area contributed by atoms with Crippen molar-refractivity contribution in [2.45, 2.75) is 6.92 Å². The van der Waals surface area contributed by atoms with Gasteiger partial charge in [-0.2, -0.15) is 0 Å². The summed E-state index contributed by atoms with van der Waals surface area (Å²) in [6.45, 7) is 12.3. The van der Waals surface area contributed by atoms with E-state index < -0.39 is 17.6 Å². The largest absolute Gasteiger partial charge is 0.553 e. The maximum Gasteiger partial charge on any atom is 0.553 e. The normalized spacial score (nSPS) is 41.7. The molecule has 4 bridgehead atoms. The first-order valence-corrected chi connectivity index (χ1v) is 15.7. The van der Waals surface area contributed by atoms with Crippen molar-refractivity contribution < 1.29 is 26.6 Å². The molecule has 6 aliphatic heterocycles. The Morgan fingerprint density at radius 2 is 0.889 bits per heavy atom. The summed E-state index contributed by atoms with van der Waals surface area (Å²) in [6.07, 6.45) is 0. The van der Waals surface area contributed by atoms with Crippen molar-refractivity contribution in [3.05, 3.63) is 0 Å². The van der Waals surface area contributed by atoms with E-state index in [4.69, 9.17) is 26.6 Å². The highest BCUT2D eigenvalue weighted by Gasteiger charge is 2.56. The van der Waals surface area contributed by atoms with Crippen molar-refractivity contribution >= 4 is 28.5 Å². The summed E-state index contributed by atoms with van der Waals surface area (Å²) in [7, 11) is -5.22. The number of hydrogen-bond acceptors (Lipinski definition) is 8. The number of rotatable bonds is 5. The highest BCUT2D eigenvalue weighted by atomic mass is 32.2. The topological polar surface area (TPSA) is 61.9 Å². The maximum absolute atomic E-state index is 6.25. The maximum atomic E-state index is 6.25. The molecule has 0 saturated carbocycles. The van der Waals surface area contributed by atoms with E-state index in [0.717, 1.165) is 55.8 Å². The molecule has 6 aliphatic rings. The van der Waals surface area contributed by atoms with Crippen molar-refractivity contribution in [2.24, 2.45) is 0 Å². The summed E-state index contributed by atoms with van der Waals surface area (Å²) in [5.74, 6) is 1.05. The van der Waals surface area contributed by atoms with E-state index in [-0.39, 0.29) is 10.9 Å². The minimum atomic E-state index is -2.63. The minimum Gasteiger partial charge on any atom is -0.369 e. The zero-order chi connectivity index (χ0) is 18.6. The van der Waals surface area contributed by atoms with Crippen molar-refractivity contribution in [1.82, 2.24) is 9.80 Å². The lowest BCUT2D eigenvalue weighted by atomic mass is 10.4. The predicted molar refractivity (Wildman–Crippen MR) is 108 cm³/mol. The minimum absolute atomic E-state index is 0.0459. The average molecular weight is 438 g/mol. The Labute approximate surface area is 167 Å². The Morgan fingerprint density at radius 1 is 0.593 bits per heavy atom. The lowest BCUT2D eigenvalue weighted by Crippen LogP contribution is -2.63. The summed E-state index contributed by atoms with van der Waals surface area (Å²) in [4.78, 5) is 4.70. The van der Waals surface area contributed by atoms with Gasteiger partial charge >= 0.3 is 17.6 Å². The van der Waals surface area contributed by atoms with Crippen molar-refractivity contribution in [3.63, 3.8) is 0 Å². The molecule has 8 nitrogen and oxygen atoms in total. The van der Waals surface area contributed by atoms with E-state index in [1.807, 2.05) is 0 Å². The van der Waals surface area contributed by atoms with Gasteiger partial charge in [0.25, 0.3) is 0 Å². The average Bonchev–Trinajstić information content (AvgIpc) is 2.55. The molecule has 6 fully saturated rings. The summed E-state index contributed by atoms with van der Waals surface area (Å²) in [5, 5.41) is 1.72. The zero-order valence-corrected chi connectivity index (χ0v) is 19.2. The molecule has 6 rings (SSSR count). The van der Waals surface area contributed by atoms with E-state index in [2.05, 4.69) is 16.7 Å². The standard InChI is InChI=1S/C16H33N2O6SSi2/c1-2-25(15-26-19-9-3-17(4-10-20-26)5-11-21-26)16-27-22-12-6-18(7-13-23-27)8-14-24-27/h2-16H2,1H3/q+1. The van der Waals surface area contributed by atoms with Crippen LogP contribution >= 0.6 is 0 Å². The Bertz CT molecular complexity index is 401. The smallest absolute Gasteiger partial charge is 0.369 e. The fourth-order valence-corrected chi connectivity index (χ4v) is 15.8. The first-order chi connectivity index (χ1) is 13.2. The summed E-state index contributed by atoms with van der Waals surface area (Å²) in [6, 6.07) is 0. The predicted octanol–water partition coefficient (Wildman–Crippen LogP) is -0.661. The Morgan fingerprint density at radius 3 is 1.15 bits per heavy atom. The second kappa shape index (κ2) is 9.52. The van der Waals surface area contributed by atoms with Crippen LogP contribution in [0.25, 0.3) is 0 Å².